The van der Waals surface area contributed by atoms with E-state index in [0.717, 1.165) is 5.56 Å². The van der Waals surface area contributed by atoms with Gasteiger partial charge in [-0.2, -0.15) is 5.10 Å². The minimum atomic E-state index is -0.529. The maximum Gasteiger partial charge on any atom is 0.271 e. The normalized spacial score (nSPS) is 10.9. The van der Waals surface area contributed by atoms with Crippen LogP contribution in [0.3, 0.4) is 0 Å². The number of rotatable bonds is 7. The van der Waals surface area contributed by atoms with E-state index in [1.807, 2.05) is 0 Å². The number of hydrogen-bond acceptors (Lipinski definition) is 5. The molecular weight excluding hydrogens is 346 g/mol. The Hall–Kier alpha value is -3.19. The number of hydrazone groups is 1. The number of hydrogen-bond donors (Lipinski definition) is 1. The summed E-state index contributed by atoms with van der Waals surface area (Å²) in [7, 11) is 0. The molecule has 0 saturated heterocycles. The molecule has 1 amide bonds. The molecule has 0 bridgehead atoms. The first-order valence-electron chi connectivity index (χ1n) is 7.16. The van der Waals surface area contributed by atoms with E-state index in [9.17, 15) is 14.9 Å². The lowest BCUT2D eigenvalue weighted by molar-refractivity contribution is -0.384. The van der Waals surface area contributed by atoms with Gasteiger partial charge >= 0.3 is 0 Å². The second kappa shape index (κ2) is 9.19. The van der Waals surface area contributed by atoms with Crippen LogP contribution in [0.1, 0.15) is 15.9 Å². The molecule has 0 atom stereocenters. The largest absolute Gasteiger partial charge is 0.490 e. The van der Waals surface area contributed by atoms with Crippen molar-refractivity contribution in [2.45, 2.75) is 0 Å². The second-order valence-electron chi connectivity index (χ2n) is 4.74. The van der Waals surface area contributed by atoms with Crippen molar-refractivity contribution >= 4 is 29.4 Å². The molecule has 8 heteroatoms. The number of halogens is 1. The van der Waals surface area contributed by atoms with Crippen LogP contribution >= 0.6 is 11.6 Å². The molecular formula is C17H14ClN3O4. The number of benzene rings is 2. The Labute approximate surface area is 148 Å². The Balaban J connectivity index is 1.89. The van der Waals surface area contributed by atoms with Crippen LogP contribution in [0.4, 0.5) is 5.69 Å². The minimum absolute atomic E-state index is 0.0797. The fraction of sp³-hybridized carbons (Fsp3) is 0.0588. The maximum atomic E-state index is 11.9. The summed E-state index contributed by atoms with van der Waals surface area (Å²) in [6.45, 7) is 0.377. The molecule has 0 saturated carbocycles. The number of ether oxygens (including phenoxy) is 1. The summed E-state index contributed by atoms with van der Waals surface area (Å²) in [6.07, 6.45) is 3.15. The van der Waals surface area contributed by atoms with Crippen LogP contribution in [0.5, 0.6) is 5.75 Å². The maximum absolute atomic E-state index is 11.9. The molecule has 0 aliphatic rings. The summed E-state index contributed by atoms with van der Waals surface area (Å²) in [5, 5.41) is 14.4. The van der Waals surface area contributed by atoms with Gasteiger partial charge in [0.05, 0.1) is 11.1 Å². The summed E-state index contributed by atoms with van der Waals surface area (Å²) in [5.41, 5.74) is 4.71. The Morgan fingerprint density at radius 3 is 2.48 bits per heavy atom. The molecule has 0 aliphatic carbocycles. The fourth-order valence-corrected chi connectivity index (χ4v) is 1.87. The highest BCUT2D eigenvalue weighted by Crippen LogP contribution is 2.12. The number of nitro groups is 1. The molecule has 25 heavy (non-hydrogen) atoms. The van der Waals surface area contributed by atoms with E-state index in [0.29, 0.717) is 12.4 Å². The van der Waals surface area contributed by atoms with Crippen molar-refractivity contribution in [1.82, 2.24) is 5.43 Å². The highest BCUT2D eigenvalue weighted by atomic mass is 35.5. The average molecular weight is 360 g/mol. The summed E-state index contributed by atoms with van der Waals surface area (Å²) < 4.78 is 5.39. The Kier molecular flexibility index (Phi) is 6.67. The van der Waals surface area contributed by atoms with Gasteiger partial charge < -0.3 is 4.74 Å². The van der Waals surface area contributed by atoms with Gasteiger partial charge in [0.15, 0.2) is 0 Å². The third-order valence-electron chi connectivity index (χ3n) is 3.04. The number of nitrogens with zero attached hydrogens (tertiary/aromatic N) is 2. The number of carbonyl (C=O) groups excluding carboxylic acids is 1. The molecule has 2 rings (SSSR count). The number of non-ortho nitro benzene ring substituents is 1. The van der Waals surface area contributed by atoms with E-state index in [4.69, 9.17) is 16.3 Å². The zero-order valence-corrected chi connectivity index (χ0v) is 13.7. The van der Waals surface area contributed by atoms with Gasteiger partial charge in [-0.05, 0) is 48.0 Å². The van der Waals surface area contributed by atoms with Gasteiger partial charge in [0.2, 0.25) is 0 Å². The summed E-state index contributed by atoms with van der Waals surface area (Å²) in [6, 6.07) is 12.3. The quantitative estimate of drug-likeness (QED) is 0.465. The fourth-order valence-electron chi connectivity index (χ4n) is 1.80. The molecule has 0 radical (unpaired) electrons. The zero-order chi connectivity index (χ0) is 18.1. The molecule has 0 fully saturated rings. The Bertz CT molecular complexity index is 787. The lowest BCUT2D eigenvalue weighted by Gasteiger charge is -2.03. The average Bonchev–Trinajstić information content (AvgIpc) is 2.63. The first kappa shape index (κ1) is 18.2. The third-order valence-corrected chi connectivity index (χ3v) is 3.21. The van der Waals surface area contributed by atoms with Crippen LogP contribution in [-0.4, -0.2) is 23.7 Å². The summed E-state index contributed by atoms with van der Waals surface area (Å²) >= 11 is 5.40. The van der Waals surface area contributed by atoms with E-state index in [1.165, 1.54) is 36.0 Å². The molecule has 0 spiro atoms. The lowest BCUT2D eigenvalue weighted by Crippen LogP contribution is -2.17. The second-order valence-corrected chi connectivity index (χ2v) is 5.00. The van der Waals surface area contributed by atoms with Crippen molar-refractivity contribution in [1.29, 1.82) is 0 Å². The van der Waals surface area contributed by atoms with Gasteiger partial charge in [-0.1, -0.05) is 11.6 Å². The molecule has 128 valence electrons. The van der Waals surface area contributed by atoms with Gasteiger partial charge in [0, 0.05) is 23.2 Å². The van der Waals surface area contributed by atoms with Crippen molar-refractivity contribution in [3.63, 3.8) is 0 Å². The highest BCUT2D eigenvalue weighted by molar-refractivity contribution is 6.25. The molecule has 0 aliphatic heterocycles. The van der Waals surface area contributed by atoms with Crippen molar-refractivity contribution in [3.05, 3.63) is 81.4 Å². The van der Waals surface area contributed by atoms with Gasteiger partial charge in [-0.3, -0.25) is 14.9 Å². The van der Waals surface area contributed by atoms with E-state index in [1.54, 1.807) is 30.3 Å². The topological polar surface area (TPSA) is 93.8 Å². The van der Waals surface area contributed by atoms with Crippen molar-refractivity contribution in [2.75, 3.05) is 6.61 Å². The van der Waals surface area contributed by atoms with Gasteiger partial charge in [0.1, 0.15) is 12.4 Å². The zero-order valence-electron chi connectivity index (χ0n) is 13.0. The van der Waals surface area contributed by atoms with Crippen LogP contribution in [-0.2, 0) is 0 Å². The lowest BCUT2D eigenvalue weighted by atomic mass is 10.2. The predicted octanol–water partition coefficient (Wildman–Crippen LogP) is 3.49. The Morgan fingerprint density at radius 2 is 1.88 bits per heavy atom. The summed E-state index contributed by atoms with van der Waals surface area (Å²) in [5.74, 6) is 0.223. The van der Waals surface area contributed by atoms with E-state index >= 15 is 0 Å². The molecule has 7 nitrogen and oxygen atoms in total. The van der Waals surface area contributed by atoms with Crippen molar-refractivity contribution in [3.8, 4) is 5.75 Å². The molecule has 2 aromatic rings. The smallest absolute Gasteiger partial charge is 0.271 e. The molecule has 0 heterocycles. The van der Waals surface area contributed by atoms with Gasteiger partial charge in [0.25, 0.3) is 11.6 Å². The first-order valence-corrected chi connectivity index (χ1v) is 7.60. The third kappa shape index (κ3) is 5.74. The van der Waals surface area contributed by atoms with E-state index in [-0.39, 0.29) is 11.3 Å². The number of nitrogens with one attached hydrogen (secondary N) is 1. The standard InChI is InChI=1S/C17H14ClN3O4/c18-10-1-11-25-16-8-2-13(3-9-16)12-19-20-17(22)14-4-6-15(7-5-14)21(23)24/h1-10,12H,11H2,(H,20,22)/b10-1+,19-12-. The van der Waals surface area contributed by atoms with Crippen molar-refractivity contribution < 1.29 is 14.5 Å². The molecule has 2 aromatic carbocycles. The predicted molar refractivity (Wildman–Crippen MR) is 95.1 cm³/mol. The highest BCUT2D eigenvalue weighted by Gasteiger charge is 2.08. The Morgan fingerprint density at radius 1 is 1.20 bits per heavy atom. The first-order chi connectivity index (χ1) is 12.1. The van der Waals surface area contributed by atoms with E-state index < -0.39 is 10.8 Å². The summed E-state index contributed by atoms with van der Waals surface area (Å²) in [4.78, 5) is 21.9. The number of carbonyl (C=O) groups is 1. The van der Waals surface area contributed by atoms with Gasteiger partial charge in [-0.25, -0.2) is 5.43 Å². The van der Waals surface area contributed by atoms with Gasteiger partial charge in [-0.15, -0.1) is 0 Å². The van der Waals surface area contributed by atoms with Crippen molar-refractivity contribution in [2.24, 2.45) is 5.10 Å². The van der Waals surface area contributed by atoms with Crippen LogP contribution in [0.2, 0.25) is 0 Å². The molecule has 0 unspecified atom stereocenters. The van der Waals surface area contributed by atoms with Crippen LogP contribution < -0.4 is 10.2 Å². The molecule has 1 N–H and O–H groups in total. The number of amides is 1. The number of nitro benzene ring substituents is 1. The van der Waals surface area contributed by atoms with Crippen LogP contribution in [0.25, 0.3) is 0 Å². The van der Waals surface area contributed by atoms with Crippen LogP contribution in [0.15, 0.2) is 65.2 Å². The van der Waals surface area contributed by atoms with Crippen LogP contribution in [0, 0.1) is 10.1 Å². The molecule has 0 aromatic heterocycles. The monoisotopic (exact) mass is 359 g/mol. The minimum Gasteiger partial charge on any atom is -0.490 e. The van der Waals surface area contributed by atoms with E-state index in [2.05, 4.69) is 10.5 Å². The SMILES string of the molecule is O=C(N/N=C\c1ccc(OC/C=C/Cl)cc1)c1ccc([N+](=O)[O-])cc1.